The number of carbonyl (C=O) groups is 2. The monoisotopic (exact) mass is 308 g/mol. The number of nitrogens with one attached hydrogen (secondary N) is 2. The summed E-state index contributed by atoms with van der Waals surface area (Å²) in [6.07, 6.45) is 0.833. The summed E-state index contributed by atoms with van der Waals surface area (Å²) in [5.41, 5.74) is 9.57. The molecule has 0 radical (unpaired) electrons. The molecule has 0 saturated heterocycles. The average molecular weight is 308 g/mol. The Morgan fingerprint density at radius 1 is 1.32 bits per heavy atom. The molecule has 7 heteroatoms. The van der Waals surface area contributed by atoms with Gasteiger partial charge in [0.05, 0.1) is 0 Å². The van der Waals surface area contributed by atoms with Gasteiger partial charge in [-0.3, -0.25) is 15.0 Å². The smallest absolute Gasteiger partial charge is 0.319 e. The number of hydrogen-bond donors (Lipinski definition) is 4. The van der Waals surface area contributed by atoms with Crippen LogP contribution in [0.5, 0.6) is 0 Å². The third-order valence-corrected chi connectivity index (χ3v) is 3.00. The van der Waals surface area contributed by atoms with E-state index in [9.17, 15) is 9.59 Å². The SMILES string of the molecule is CN(CC(=O)O)NC(=O)C[C@@H](N)CCNCc1ccccc1. The van der Waals surface area contributed by atoms with E-state index in [1.54, 1.807) is 0 Å². The molecule has 1 amide bonds. The summed E-state index contributed by atoms with van der Waals surface area (Å²) >= 11 is 0. The van der Waals surface area contributed by atoms with Crippen molar-refractivity contribution in [3.05, 3.63) is 35.9 Å². The van der Waals surface area contributed by atoms with Crippen LogP contribution in [0.1, 0.15) is 18.4 Å². The number of hydrazine groups is 1. The molecule has 0 fully saturated rings. The molecule has 0 aliphatic rings. The van der Waals surface area contributed by atoms with Crippen molar-refractivity contribution >= 4 is 11.9 Å². The molecule has 122 valence electrons. The Balaban J connectivity index is 2.13. The summed E-state index contributed by atoms with van der Waals surface area (Å²) in [7, 11) is 1.50. The molecule has 22 heavy (non-hydrogen) atoms. The van der Waals surface area contributed by atoms with Crippen molar-refractivity contribution in [3.63, 3.8) is 0 Å². The molecular formula is C15H24N4O3. The van der Waals surface area contributed by atoms with Crippen LogP contribution < -0.4 is 16.5 Å². The van der Waals surface area contributed by atoms with Crippen molar-refractivity contribution in [1.29, 1.82) is 0 Å². The molecule has 0 heterocycles. The highest BCUT2D eigenvalue weighted by Gasteiger charge is 2.12. The van der Waals surface area contributed by atoms with E-state index in [0.29, 0.717) is 13.0 Å². The van der Waals surface area contributed by atoms with Gasteiger partial charge in [-0.15, -0.1) is 0 Å². The molecule has 5 N–H and O–H groups in total. The van der Waals surface area contributed by atoms with E-state index in [4.69, 9.17) is 10.8 Å². The molecule has 0 unspecified atom stereocenters. The number of carboxylic acid groups (broad SMARTS) is 1. The van der Waals surface area contributed by atoms with E-state index in [2.05, 4.69) is 10.7 Å². The number of nitrogens with two attached hydrogens (primary N) is 1. The maximum absolute atomic E-state index is 11.7. The number of nitrogens with zero attached hydrogens (tertiary/aromatic N) is 1. The second-order valence-electron chi connectivity index (χ2n) is 5.20. The molecule has 1 aromatic carbocycles. The van der Waals surface area contributed by atoms with Gasteiger partial charge in [0.25, 0.3) is 0 Å². The Morgan fingerprint density at radius 3 is 2.64 bits per heavy atom. The van der Waals surface area contributed by atoms with Crippen molar-refractivity contribution in [1.82, 2.24) is 15.8 Å². The third-order valence-electron chi connectivity index (χ3n) is 3.00. The van der Waals surface area contributed by atoms with Gasteiger partial charge in [0, 0.05) is 26.1 Å². The third kappa shape index (κ3) is 8.35. The summed E-state index contributed by atoms with van der Waals surface area (Å²) in [6, 6.07) is 9.76. The lowest BCUT2D eigenvalue weighted by molar-refractivity contribution is -0.139. The molecule has 7 nitrogen and oxygen atoms in total. The van der Waals surface area contributed by atoms with Crippen LogP contribution >= 0.6 is 0 Å². The first-order valence-electron chi connectivity index (χ1n) is 7.20. The first-order valence-corrected chi connectivity index (χ1v) is 7.20. The van der Waals surface area contributed by atoms with Crippen LogP contribution in [0.25, 0.3) is 0 Å². The Hall–Kier alpha value is -1.96. The summed E-state index contributed by atoms with van der Waals surface area (Å²) in [5, 5.41) is 13.1. The highest BCUT2D eigenvalue weighted by Crippen LogP contribution is 1.98. The summed E-state index contributed by atoms with van der Waals surface area (Å²) in [6.45, 7) is 1.23. The predicted molar refractivity (Wildman–Crippen MR) is 83.8 cm³/mol. The second-order valence-corrected chi connectivity index (χ2v) is 5.20. The number of hydrogen-bond acceptors (Lipinski definition) is 5. The largest absolute Gasteiger partial charge is 0.480 e. The maximum Gasteiger partial charge on any atom is 0.319 e. The highest BCUT2D eigenvalue weighted by atomic mass is 16.4. The Morgan fingerprint density at radius 2 is 2.00 bits per heavy atom. The van der Waals surface area contributed by atoms with E-state index in [-0.39, 0.29) is 24.9 Å². The molecule has 1 aromatic rings. The van der Waals surface area contributed by atoms with E-state index < -0.39 is 5.97 Å². The first kappa shape index (κ1) is 18.1. The topological polar surface area (TPSA) is 108 Å². The van der Waals surface area contributed by atoms with Crippen LogP contribution in [0, 0.1) is 0 Å². The highest BCUT2D eigenvalue weighted by molar-refractivity contribution is 5.76. The quantitative estimate of drug-likeness (QED) is 0.356. The standard InChI is InChI=1S/C15H24N4O3/c1-19(11-15(21)22)18-14(20)9-13(16)7-8-17-10-12-5-3-2-4-6-12/h2-6,13,17H,7-11,16H2,1H3,(H,18,20)(H,21,22)/t13-/m0/s1. The van der Waals surface area contributed by atoms with Crippen molar-refractivity contribution in [2.45, 2.75) is 25.4 Å². The van der Waals surface area contributed by atoms with Crippen LogP contribution in [0.3, 0.4) is 0 Å². The fourth-order valence-electron chi connectivity index (χ4n) is 1.96. The summed E-state index contributed by atoms with van der Waals surface area (Å²) < 4.78 is 0. The Labute approximate surface area is 130 Å². The second kappa shape index (κ2) is 9.88. The van der Waals surface area contributed by atoms with Gasteiger partial charge < -0.3 is 16.2 Å². The van der Waals surface area contributed by atoms with Gasteiger partial charge in [-0.25, -0.2) is 5.01 Å². The minimum Gasteiger partial charge on any atom is -0.480 e. The van der Waals surface area contributed by atoms with E-state index >= 15 is 0 Å². The lowest BCUT2D eigenvalue weighted by Gasteiger charge is -2.17. The van der Waals surface area contributed by atoms with Gasteiger partial charge in [0.1, 0.15) is 6.54 Å². The fraction of sp³-hybridized carbons (Fsp3) is 0.467. The Bertz CT molecular complexity index is 467. The molecule has 0 bridgehead atoms. The lowest BCUT2D eigenvalue weighted by Crippen LogP contribution is -2.44. The molecule has 0 saturated carbocycles. The van der Waals surface area contributed by atoms with Gasteiger partial charge in [-0.05, 0) is 18.5 Å². The molecule has 0 aromatic heterocycles. The zero-order valence-electron chi connectivity index (χ0n) is 12.8. The number of carboxylic acids is 1. The van der Waals surface area contributed by atoms with Crippen LogP contribution in [-0.4, -0.2) is 48.2 Å². The number of likely N-dealkylation sites (N-methyl/N-ethyl adjacent to an activating group) is 1. The van der Waals surface area contributed by atoms with E-state index in [0.717, 1.165) is 6.54 Å². The van der Waals surface area contributed by atoms with Gasteiger partial charge in [0.15, 0.2) is 0 Å². The maximum atomic E-state index is 11.7. The minimum atomic E-state index is -1.00. The zero-order chi connectivity index (χ0) is 16.4. The molecule has 0 aliphatic carbocycles. The van der Waals surface area contributed by atoms with Crippen LogP contribution in [0.15, 0.2) is 30.3 Å². The predicted octanol–water partition coefficient (Wildman–Crippen LogP) is -0.0687. The number of benzene rings is 1. The normalized spacial score (nSPS) is 12.1. The minimum absolute atomic E-state index is 0.164. The summed E-state index contributed by atoms with van der Waals surface area (Å²) in [5.74, 6) is -1.28. The molecule has 0 aliphatic heterocycles. The fourth-order valence-corrected chi connectivity index (χ4v) is 1.96. The van der Waals surface area contributed by atoms with Crippen molar-refractivity contribution in [2.24, 2.45) is 5.73 Å². The van der Waals surface area contributed by atoms with E-state index in [1.165, 1.54) is 17.6 Å². The molecule has 0 spiro atoms. The van der Waals surface area contributed by atoms with Gasteiger partial charge >= 0.3 is 5.97 Å². The zero-order valence-corrected chi connectivity index (χ0v) is 12.8. The number of aliphatic carboxylic acids is 1. The van der Waals surface area contributed by atoms with Crippen molar-refractivity contribution in [2.75, 3.05) is 20.1 Å². The Kier molecular flexibility index (Phi) is 8.13. The molecule has 1 rings (SSSR count). The molecular weight excluding hydrogens is 284 g/mol. The van der Waals surface area contributed by atoms with E-state index in [1.807, 2.05) is 30.3 Å². The van der Waals surface area contributed by atoms with Crippen molar-refractivity contribution < 1.29 is 14.7 Å². The summed E-state index contributed by atoms with van der Waals surface area (Å²) in [4.78, 5) is 22.1. The molecule has 1 atom stereocenters. The van der Waals surface area contributed by atoms with Gasteiger partial charge in [-0.2, -0.15) is 0 Å². The number of carbonyl (C=O) groups excluding carboxylic acids is 1. The number of amides is 1. The van der Waals surface area contributed by atoms with Crippen LogP contribution in [0.4, 0.5) is 0 Å². The van der Waals surface area contributed by atoms with Crippen molar-refractivity contribution in [3.8, 4) is 0 Å². The van der Waals surface area contributed by atoms with Gasteiger partial charge in [-0.1, -0.05) is 30.3 Å². The lowest BCUT2D eigenvalue weighted by atomic mass is 10.1. The van der Waals surface area contributed by atoms with Crippen LogP contribution in [0.2, 0.25) is 0 Å². The average Bonchev–Trinajstić information content (AvgIpc) is 2.43. The van der Waals surface area contributed by atoms with Crippen LogP contribution in [-0.2, 0) is 16.1 Å². The number of rotatable bonds is 10. The van der Waals surface area contributed by atoms with Gasteiger partial charge in [0.2, 0.25) is 5.91 Å². The first-order chi connectivity index (χ1) is 10.5.